The third-order valence-corrected chi connectivity index (χ3v) is 1.92. The number of halogens is 1. The molecule has 0 radical (unpaired) electrons. The van der Waals surface area contributed by atoms with E-state index < -0.39 is 0 Å². The van der Waals surface area contributed by atoms with Crippen LogP contribution < -0.4 is 5.56 Å². The predicted molar refractivity (Wildman–Crippen MR) is 41.5 cm³/mol. The van der Waals surface area contributed by atoms with Gasteiger partial charge in [-0.2, -0.15) is 0 Å². The van der Waals surface area contributed by atoms with Gasteiger partial charge in [-0.25, -0.2) is 0 Å². The summed E-state index contributed by atoms with van der Waals surface area (Å²) in [6, 6.07) is 1.48. The Morgan fingerprint density at radius 3 is 2.60 bits per heavy atom. The molecule has 0 atom stereocenters. The fourth-order valence-corrected chi connectivity index (χ4v) is 0.933. The van der Waals surface area contributed by atoms with Crippen molar-refractivity contribution in [3.63, 3.8) is 0 Å². The lowest BCUT2D eigenvalue weighted by molar-refractivity contribution is 1.12. The van der Waals surface area contributed by atoms with Gasteiger partial charge < -0.3 is 4.98 Å². The van der Waals surface area contributed by atoms with Crippen LogP contribution in [0.2, 0.25) is 5.02 Å². The van der Waals surface area contributed by atoms with Crippen LogP contribution >= 0.6 is 11.6 Å². The van der Waals surface area contributed by atoms with E-state index in [4.69, 9.17) is 11.6 Å². The Morgan fingerprint density at radius 2 is 2.10 bits per heavy atom. The maximum Gasteiger partial charge on any atom is 0.248 e. The highest BCUT2D eigenvalue weighted by molar-refractivity contribution is 6.31. The van der Waals surface area contributed by atoms with Crippen LogP contribution in [-0.4, -0.2) is 4.98 Å². The highest BCUT2D eigenvalue weighted by atomic mass is 35.5. The summed E-state index contributed by atoms with van der Waals surface area (Å²) in [5.41, 5.74) is 1.45. The lowest BCUT2D eigenvalue weighted by Crippen LogP contribution is -2.06. The summed E-state index contributed by atoms with van der Waals surface area (Å²) in [5, 5.41) is 0.639. The molecule has 0 aliphatic heterocycles. The summed E-state index contributed by atoms with van der Waals surface area (Å²) in [5.74, 6) is 0. The van der Waals surface area contributed by atoms with Gasteiger partial charge in [0.2, 0.25) is 5.56 Å². The Kier molecular flexibility index (Phi) is 1.81. The molecule has 3 heteroatoms. The number of rotatable bonds is 0. The zero-order valence-electron chi connectivity index (χ0n) is 5.86. The van der Waals surface area contributed by atoms with Crippen molar-refractivity contribution in [1.82, 2.24) is 4.98 Å². The van der Waals surface area contributed by atoms with Crippen molar-refractivity contribution >= 4 is 11.6 Å². The molecular weight excluding hydrogens is 150 g/mol. The van der Waals surface area contributed by atoms with Gasteiger partial charge in [-0.15, -0.1) is 0 Å². The highest BCUT2D eigenvalue weighted by Crippen LogP contribution is 2.14. The predicted octanol–water partition coefficient (Wildman–Crippen LogP) is 1.65. The normalized spacial score (nSPS) is 9.90. The molecule has 1 aromatic rings. The second-order valence-corrected chi connectivity index (χ2v) is 2.63. The van der Waals surface area contributed by atoms with Gasteiger partial charge in [-0.3, -0.25) is 4.79 Å². The summed E-state index contributed by atoms with van der Waals surface area (Å²) in [6.45, 7) is 3.58. The molecule has 1 rings (SSSR count). The van der Waals surface area contributed by atoms with Gasteiger partial charge in [0.15, 0.2) is 0 Å². The lowest BCUT2D eigenvalue weighted by atomic mass is 10.2. The monoisotopic (exact) mass is 157 g/mol. The number of pyridine rings is 1. The number of nitrogens with one attached hydrogen (secondary N) is 1. The summed E-state index contributed by atoms with van der Waals surface area (Å²) >= 11 is 5.78. The second-order valence-electron chi connectivity index (χ2n) is 2.26. The van der Waals surface area contributed by atoms with E-state index in [0.717, 1.165) is 11.3 Å². The van der Waals surface area contributed by atoms with Crippen molar-refractivity contribution < 1.29 is 0 Å². The van der Waals surface area contributed by atoms with Gasteiger partial charge in [-0.1, -0.05) is 11.6 Å². The molecule has 10 heavy (non-hydrogen) atoms. The summed E-state index contributed by atoms with van der Waals surface area (Å²) in [4.78, 5) is 13.3. The number of H-pyrrole nitrogens is 1. The van der Waals surface area contributed by atoms with E-state index >= 15 is 0 Å². The van der Waals surface area contributed by atoms with E-state index in [1.807, 2.05) is 6.92 Å². The summed E-state index contributed by atoms with van der Waals surface area (Å²) < 4.78 is 0. The minimum atomic E-state index is -0.0978. The van der Waals surface area contributed by atoms with Crippen LogP contribution in [0.3, 0.4) is 0 Å². The molecule has 0 aromatic carbocycles. The molecule has 0 saturated carbocycles. The van der Waals surface area contributed by atoms with Gasteiger partial charge in [0.05, 0.1) is 5.02 Å². The van der Waals surface area contributed by atoms with Crippen LogP contribution in [0.1, 0.15) is 11.3 Å². The summed E-state index contributed by atoms with van der Waals surface area (Å²) in [6.07, 6.45) is 0. The number of aromatic amines is 1. The first-order valence-corrected chi connectivity index (χ1v) is 3.35. The topological polar surface area (TPSA) is 32.9 Å². The average Bonchev–Trinajstić information content (AvgIpc) is 1.82. The first-order chi connectivity index (χ1) is 4.61. The lowest BCUT2D eigenvalue weighted by Gasteiger charge is -1.98. The molecule has 0 aliphatic carbocycles. The molecular formula is C7H8ClNO. The molecule has 0 aliphatic rings. The zero-order chi connectivity index (χ0) is 7.72. The smallest absolute Gasteiger partial charge is 0.248 e. The van der Waals surface area contributed by atoms with E-state index in [0.29, 0.717) is 5.02 Å². The number of hydrogen-bond acceptors (Lipinski definition) is 1. The van der Waals surface area contributed by atoms with Gasteiger partial charge in [0.25, 0.3) is 0 Å². The molecule has 0 spiro atoms. The summed E-state index contributed by atoms with van der Waals surface area (Å²) in [7, 11) is 0. The van der Waals surface area contributed by atoms with E-state index in [2.05, 4.69) is 4.98 Å². The molecule has 1 aromatic heterocycles. The molecule has 0 amide bonds. The van der Waals surface area contributed by atoms with Gasteiger partial charge in [-0.05, 0) is 19.4 Å². The standard InChI is InChI=1S/C7H8ClNO/c1-4-3-6(10)9-5(2)7(4)8/h3H,1-2H3,(H,9,10). The number of aromatic nitrogens is 1. The van der Waals surface area contributed by atoms with Crippen LogP contribution in [0.4, 0.5) is 0 Å². The van der Waals surface area contributed by atoms with Crippen molar-refractivity contribution in [3.8, 4) is 0 Å². The van der Waals surface area contributed by atoms with Gasteiger partial charge in [0, 0.05) is 11.8 Å². The Labute approximate surface area is 63.8 Å². The van der Waals surface area contributed by atoms with Crippen LogP contribution in [0.5, 0.6) is 0 Å². The highest BCUT2D eigenvalue weighted by Gasteiger charge is 1.98. The minimum absolute atomic E-state index is 0.0978. The maximum absolute atomic E-state index is 10.7. The Bertz CT molecular complexity index is 277. The van der Waals surface area contributed by atoms with E-state index in [1.165, 1.54) is 6.07 Å². The zero-order valence-corrected chi connectivity index (χ0v) is 6.62. The van der Waals surface area contributed by atoms with Crippen molar-refractivity contribution in [3.05, 3.63) is 32.7 Å². The fraction of sp³-hybridized carbons (Fsp3) is 0.286. The van der Waals surface area contributed by atoms with Crippen molar-refractivity contribution in [2.24, 2.45) is 0 Å². The van der Waals surface area contributed by atoms with Gasteiger partial charge in [0.1, 0.15) is 0 Å². The SMILES string of the molecule is Cc1cc(=O)[nH]c(C)c1Cl. The van der Waals surface area contributed by atoms with Crippen LogP contribution in [0.15, 0.2) is 10.9 Å². The van der Waals surface area contributed by atoms with E-state index in [1.54, 1.807) is 6.92 Å². The minimum Gasteiger partial charge on any atom is -0.325 e. The Morgan fingerprint density at radius 1 is 1.50 bits per heavy atom. The Hall–Kier alpha value is -0.760. The van der Waals surface area contributed by atoms with Crippen molar-refractivity contribution in [2.45, 2.75) is 13.8 Å². The third-order valence-electron chi connectivity index (χ3n) is 1.33. The molecule has 1 heterocycles. The quantitative estimate of drug-likeness (QED) is 0.610. The Balaban J connectivity index is 3.46. The first kappa shape index (κ1) is 7.35. The van der Waals surface area contributed by atoms with Crippen LogP contribution in [-0.2, 0) is 0 Å². The molecule has 54 valence electrons. The maximum atomic E-state index is 10.7. The fourth-order valence-electron chi connectivity index (χ4n) is 0.832. The first-order valence-electron chi connectivity index (χ1n) is 2.97. The van der Waals surface area contributed by atoms with E-state index in [-0.39, 0.29) is 5.56 Å². The van der Waals surface area contributed by atoms with Gasteiger partial charge >= 0.3 is 0 Å². The van der Waals surface area contributed by atoms with E-state index in [9.17, 15) is 4.79 Å². The number of aryl methyl sites for hydroxylation is 2. The van der Waals surface area contributed by atoms with Crippen molar-refractivity contribution in [2.75, 3.05) is 0 Å². The van der Waals surface area contributed by atoms with Crippen LogP contribution in [0.25, 0.3) is 0 Å². The largest absolute Gasteiger partial charge is 0.325 e. The molecule has 0 bridgehead atoms. The van der Waals surface area contributed by atoms with Crippen molar-refractivity contribution in [1.29, 1.82) is 0 Å². The molecule has 0 saturated heterocycles. The number of hydrogen-bond donors (Lipinski definition) is 1. The average molecular weight is 158 g/mol. The molecule has 0 unspecified atom stereocenters. The van der Waals surface area contributed by atoms with Crippen LogP contribution in [0, 0.1) is 13.8 Å². The third kappa shape index (κ3) is 1.21. The molecule has 0 fully saturated rings. The molecule has 1 N–H and O–H groups in total. The second kappa shape index (κ2) is 2.46. The molecule has 2 nitrogen and oxygen atoms in total.